The number of alkyl halides is 1. The summed E-state index contributed by atoms with van der Waals surface area (Å²) in [4.78, 5) is 0. The first-order chi connectivity index (χ1) is 5.20. The highest BCUT2D eigenvalue weighted by atomic mass is 19.2. The van der Waals surface area contributed by atoms with E-state index in [4.69, 9.17) is 0 Å². The number of halogens is 1. The molecule has 0 amide bonds. The lowest BCUT2D eigenvalue weighted by molar-refractivity contribution is -0.103. The molecule has 1 unspecified atom stereocenters. The van der Waals surface area contributed by atoms with Gasteiger partial charge in [-0.2, -0.15) is 9.50 Å². The first-order valence-electron chi connectivity index (χ1n) is 3.38. The van der Waals surface area contributed by atoms with Gasteiger partial charge < -0.3 is 0 Å². The average molecular weight is 149 g/mol. The number of hydrogen-bond acceptors (Lipinski definition) is 0. The second-order valence-corrected chi connectivity index (χ2v) is 2.57. The predicted octanol–water partition coefficient (Wildman–Crippen LogP) is 2.27. The van der Waals surface area contributed by atoms with Gasteiger partial charge in [-0.3, -0.25) is 0 Å². The summed E-state index contributed by atoms with van der Waals surface area (Å²) >= 11 is 0. The van der Waals surface area contributed by atoms with Crippen molar-refractivity contribution < 1.29 is 9.50 Å². The van der Waals surface area contributed by atoms with Crippen LogP contribution in [0.5, 0.6) is 0 Å². The van der Waals surface area contributed by atoms with Crippen molar-refractivity contribution in [1.29, 1.82) is 0 Å². The number of rotatable bonds is 0. The molecule has 0 spiro atoms. The quantitative estimate of drug-likeness (QED) is 0.539. The van der Waals surface area contributed by atoms with Crippen molar-refractivity contribution in [2.75, 3.05) is 0 Å². The Bertz CT molecular complexity index is 315. The minimum Gasteiger partial charge on any atom is -0.199 e. The van der Waals surface area contributed by atoms with Gasteiger partial charge >= 0.3 is 0 Å². The van der Waals surface area contributed by atoms with E-state index in [9.17, 15) is 9.50 Å². The highest BCUT2D eigenvalue weighted by molar-refractivity contribution is 5.62. The molecule has 0 heterocycles. The van der Waals surface area contributed by atoms with E-state index >= 15 is 0 Å². The van der Waals surface area contributed by atoms with Crippen molar-refractivity contribution in [2.24, 2.45) is 0 Å². The molecular weight excluding hydrogens is 143 g/mol. The van der Waals surface area contributed by atoms with Crippen LogP contribution in [0.25, 0.3) is 6.08 Å². The Hall–Kier alpha value is -1.15. The predicted molar refractivity (Wildman–Crippen MR) is 38.9 cm³/mol. The Balaban J connectivity index is 2.64. The molecule has 1 radical (unpaired) electrons. The summed E-state index contributed by atoms with van der Waals surface area (Å²) in [6.07, 6.45) is 2.56. The zero-order chi connectivity index (χ0) is 7.90. The van der Waals surface area contributed by atoms with E-state index in [1.807, 2.05) is 0 Å². The second-order valence-electron chi connectivity index (χ2n) is 2.57. The molecule has 11 heavy (non-hydrogen) atoms. The summed E-state index contributed by atoms with van der Waals surface area (Å²) in [6.45, 7) is 0. The van der Waals surface area contributed by atoms with Gasteiger partial charge in [-0.1, -0.05) is 30.3 Å². The minimum absolute atomic E-state index is 0.222. The lowest BCUT2D eigenvalue weighted by Gasteiger charge is -2.07. The largest absolute Gasteiger partial charge is 0.285 e. The Labute approximate surface area is 63.8 Å². The van der Waals surface area contributed by atoms with Crippen molar-refractivity contribution in [3.63, 3.8) is 0 Å². The van der Waals surface area contributed by atoms with Crippen LogP contribution in [0.15, 0.2) is 30.3 Å². The molecule has 1 nitrogen and oxygen atoms in total. The molecule has 1 aliphatic carbocycles. The van der Waals surface area contributed by atoms with Crippen LogP contribution >= 0.6 is 0 Å². The Morgan fingerprint density at radius 1 is 1.27 bits per heavy atom. The van der Waals surface area contributed by atoms with Crippen LogP contribution in [0.2, 0.25) is 0 Å². The first kappa shape index (κ1) is 6.55. The maximum Gasteiger partial charge on any atom is 0.285 e. The molecule has 0 saturated heterocycles. The number of fused-ring (bicyclic) bond motifs is 1. The van der Waals surface area contributed by atoms with Crippen LogP contribution in [-0.4, -0.2) is 0 Å². The van der Waals surface area contributed by atoms with Crippen LogP contribution in [0.1, 0.15) is 11.1 Å². The lowest BCUT2D eigenvalue weighted by Crippen LogP contribution is -2.10. The smallest absolute Gasteiger partial charge is 0.199 e. The van der Waals surface area contributed by atoms with E-state index < -0.39 is 5.85 Å². The molecule has 2 rings (SSSR count). The number of hydrogen-bond donors (Lipinski definition) is 0. The van der Waals surface area contributed by atoms with Gasteiger partial charge in [-0.25, -0.2) is 0 Å². The highest BCUT2D eigenvalue weighted by Gasteiger charge is 2.33. The fourth-order valence-electron chi connectivity index (χ4n) is 1.24. The first-order valence-corrected chi connectivity index (χ1v) is 3.38. The van der Waals surface area contributed by atoms with Gasteiger partial charge in [0.15, 0.2) is 0 Å². The third-order valence-corrected chi connectivity index (χ3v) is 1.81. The maximum atomic E-state index is 13.0. The third kappa shape index (κ3) is 0.870. The lowest BCUT2D eigenvalue weighted by atomic mass is 10.1. The second kappa shape index (κ2) is 1.92. The third-order valence-electron chi connectivity index (χ3n) is 1.81. The summed E-state index contributed by atoms with van der Waals surface area (Å²) < 4.78 is 13.0. The molecule has 0 aliphatic heterocycles. The topological polar surface area (TPSA) is 19.9 Å². The van der Waals surface area contributed by atoms with Gasteiger partial charge in [0.1, 0.15) is 0 Å². The minimum atomic E-state index is -2.50. The zero-order valence-corrected chi connectivity index (χ0v) is 5.75. The SMILES string of the molecule is [O]C1(F)C=Cc2ccccc21. The average Bonchev–Trinajstić information content (AvgIpc) is 2.29. The molecule has 1 aromatic rings. The van der Waals surface area contributed by atoms with Gasteiger partial charge in [-0.15, -0.1) is 0 Å². The normalized spacial score (nSPS) is 27.1. The summed E-state index contributed by atoms with van der Waals surface area (Å²) in [6, 6.07) is 6.69. The Morgan fingerprint density at radius 3 is 2.73 bits per heavy atom. The molecule has 1 aromatic carbocycles. The zero-order valence-electron chi connectivity index (χ0n) is 5.75. The van der Waals surface area contributed by atoms with Gasteiger partial charge in [0.25, 0.3) is 5.85 Å². The van der Waals surface area contributed by atoms with Crippen molar-refractivity contribution >= 4 is 6.08 Å². The fraction of sp³-hybridized carbons (Fsp3) is 0.111. The van der Waals surface area contributed by atoms with E-state index in [0.717, 1.165) is 6.08 Å². The summed E-state index contributed by atoms with van der Waals surface area (Å²) in [5.74, 6) is -2.50. The standard InChI is InChI=1S/C9H6FO/c10-9(11)6-5-7-3-1-2-4-8(7)9/h1-6H. The van der Waals surface area contributed by atoms with E-state index in [2.05, 4.69) is 0 Å². The van der Waals surface area contributed by atoms with Crippen LogP contribution in [0.4, 0.5) is 4.39 Å². The molecule has 0 bridgehead atoms. The van der Waals surface area contributed by atoms with Gasteiger partial charge in [0, 0.05) is 5.56 Å². The molecular formula is C9H6FO. The van der Waals surface area contributed by atoms with Crippen LogP contribution in [0.3, 0.4) is 0 Å². The van der Waals surface area contributed by atoms with Crippen molar-refractivity contribution in [3.05, 3.63) is 41.5 Å². The van der Waals surface area contributed by atoms with Crippen molar-refractivity contribution in [1.82, 2.24) is 0 Å². The van der Waals surface area contributed by atoms with E-state index in [-0.39, 0.29) is 5.56 Å². The van der Waals surface area contributed by atoms with Crippen molar-refractivity contribution in [2.45, 2.75) is 5.85 Å². The summed E-state index contributed by atoms with van der Waals surface area (Å²) in [5.41, 5.74) is 0.907. The van der Waals surface area contributed by atoms with E-state index in [1.54, 1.807) is 18.2 Å². The Morgan fingerprint density at radius 2 is 2.00 bits per heavy atom. The van der Waals surface area contributed by atoms with Crippen molar-refractivity contribution in [3.8, 4) is 0 Å². The molecule has 0 N–H and O–H groups in total. The van der Waals surface area contributed by atoms with Crippen LogP contribution in [0, 0.1) is 0 Å². The summed E-state index contributed by atoms with van der Waals surface area (Å²) in [5, 5.41) is 11.0. The van der Waals surface area contributed by atoms with Crippen LogP contribution in [-0.2, 0) is 11.0 Å². The maximum absolute atomic E-state index is 13.0. The Kier molecular flexibility index (Phi) is 1.14. The van der Waals surface area contributed by atoms with Crippen LogP contribution < -0.4 is 0 Å². The molecule has 55 valence electrons. The molecule has 0 saturated carbocycles. The fourth-order valence-corrected chi connectivity index (χ4v) is 1.24. The molecule has 1 atom stereocenters. The molecule has 0 fully saturated rings. The van der Waals surface area contributed by atoms with E-state index in [0.29, 0.717) is 5.56 Å². The molecule has 1 aliphatic rings. The highest BCUT2D eigenvalue weighted by Crippen LogP contribution is 2.34. The molecule has 2 heteroatoms. The monoisotopic (exact) mass is 149 g/mol. The van der Waals surface area contributed by atoms with Gasteiger partial charge in [0.2, 0.25) is 0 Å². The van der Waals surface area contributed by atoms with Gasteiger partial charge in [0.05, 0.1) is 0 Å². The number of benzene rings is 1. The van der Waals surface area contributed by atoms with E-state index in [1.165, 1.54) is 12.1 Å². The summed E-state index contributed by atoms with van der Waals surface area (Å²) in [7, 11) is 0. The van der Waals surface area contributed by atoms with Gasteiger partial charge in [-0.05, 0) is 11.6 Å². The molecule has 0 aromatic heterocycles.